The van der Waals surface area contributed by atoms with Gasteiger partial charge < -0.3 is 17.3 Å². The molecule has 0 radical (unpaired) electrons. The molecule has 0 saturated heterocycles. The Kier molecular flexibility index (Phi) is 6.63. The zero-order valence-corrected chi connectivity index (χ0v) is 12.0. The van der Waals surface area contributed by atoms with Crippen molar-refractivity contribution in [3.05, 3.63) is 73.3 Å². The lowest BCUT2D eigenvalue weighted by molar-refractivity contribution is -0.687. The van der Waals surface area contributed by atoms with Gasteiger partial charge in [-0.2, -0.15) is 0 Å². The molecule has 0 aliphatic heterocycles. The van der Waals surface area contributed by atoms with Crippen LogP contribution in [-0.2, 0) is 13.1 Å². The van der Waals surface area contributed by atoms with Gasteiger partial charge in [-0.3, -0.25) is 0 Å². The summed E-state index contributed by atoms with van der Waals surface area (Å²) in [5.74, 6) is 0. The number of nitrogens with zero attached hydrogens (tertiary/aromatic N) is 2. The summed E-state index contributed by atoms with van der Waals surface area (Å²) in [5, 5.41) is 0. The first-order valence-corrected chi connectivity index (χ1v) is 6.56. The van der Waals surface area contributed by atoms with Gasteiger partial charge in [0.05, 0.1) is 0 Å². The number of aromatic nitrogens is 2. The molecular formula is C15H17BF4N2. The molecule has 0 spiro atoms. The Morgan fingerprint density at radius 2 is 1.68 bits per heavy atom. The predicted octanol–water partition coefficient (Wildman–Crippen LogP) is 3.95. The van der Waals surface area contributed by atoms with Crippen molar-refractivity contribution >= 4 is 13.3 Å². The Hall–Kier alpha value is -2.31. The second-order valence-corrected chi connectivity index (χ2v) is 4.51. The number of allylic oxidation sites excluding steroid dienone is 1. The highest BCUT2D eigenvalue weighted by Crippen LogP contribution is 2.06. The average Bonchev–Trinajstić information content (AvgIpc) is 2.86. The summed E-state index contributed by atoms with van der Waals surface area (Å²) in [7, 11) is -6.00. The SMILES string of the molecule is C=CCn1cc[n+](Cc2ccc(C=C)cc2)c1.F[B-](F)(F)F. The van der Waals surface area contributed by atoms with Crippen LogP contribution in [0.1, 0.15) is 11.1 Å². The number of hydrogen-bond acceptors (Lipinski definition) is 0. The molecule has 0 N–H and O–H groups in total. The molecule has 0 unspecified atom stereocenters. The summed E-state index contributed by atoms with van der Waals surface area (Å²) in [6.07, 6.45) is 9.97. The summed E-state index contributed by atoms with van der Waals surface area (Å²) < 4.78 is 43.3. The second-order valence-electron chi connectivity index (χ2n) is 4.51. The molecule has 2 aromatic rings. The molecule has 0 aliphatic carbocycles. The van der Waals surface area contributed by atoms with Crippen LogP contribution in [0.25, 0.3) is 6.08 Å². The minimum Gasteiger partial charge on any atom is -0.418 e. The maximum Gasteiger partial charge on any atom is 0.673 e. The van der Waals surface area contributed by atoms with Crippen LogP contribution in [0.15, 0.2) is 62.2 Å². The van der Waals surface area contributed by atoms with Crippen molar-refractivity contribution in [2.75, 3.05) is 0 Å². The van der Waals surface area contributed by atoms with Crippen LogP contribution in [0, 0.1) is 0 Å². The summed E-state index contributed by atoms with van der Waals surface area (Å²) in [6, 6.07) is 8.44. The number of halogens is 4. The third kappa shape index (κ3) is 7.47. The van der Waals surface area contributed by atoms with Gasteiger partial charge >= 0.3 is 7.25 Å². The summed E-state index contributed by atoms with van der Waals surface area (Å²) in [6.45, 7) is 9.22. The molecule has 2 nitrogen and oxygen atoms in total. The van der Waals surface area contributed by atoms with Crippen LogP contribution in [0.4, 0.5) is 17.3 Å². The molecule has 1 aromatic heterocycles. The van der Waals surface area contributed by atoms with Crippen molar-refractivity contribution in [2.24, 2.45) is 0 Å². The van der Waals surface area contributed by atoms with E-state index in [1.165, 1.54) is 5.56 Å². The monoisotopic (exact) mass is 312 g/mol. The van der Waals surface area contributed by atoms with E-state index in [1.54, 1.807) is 0 Å². The maximum absolute atomic E-state index is 9.75. The molecule has 0 amide bonds. The van der Waals surface area contributed by atoms with Crippen molar-refractivity contribution in [1.29, 1.82) is 0 Å². The molecule has 0 fully saturated rings. The van der Waals surface area contributed by atoms with Gasteiger partial charge in [0.15, 0.2) is 0 Å². The third-order valence-electron chi connectivity index (χ3n) is 2.67. The molecule has 1 heterocycles. The zero-order chi connectivity index (χ0) is 16.6. The van der Waals surface area contributed by atoms with E-state index in [0.29, 0.717) is 0 Å². The lowest BCUT2D eigenvalue weighted by Gasteiger charge is -1.98. The van der Waals surface area contributed by atoms with Crippen LogP contribution < -0.4 is 4.57 Å². The van der Waals surface area contributed by atoms with Crippen LogP contribution in [0.3, 0.4) is 0 Å². The van der Waals surface area contributed by atoms with Gasteiger partial charge in [-0.05, 0) is 11.1 Å². The summed E-state index contributed by atoms with van der Waals surface area (Å²) in [4.78, 5) is 0. The van der Waals surface area contributed by atoms with Gasteiger partial charge in [0, 0.05) is 0 Å². The quantitative estimate of drug-likeness (QED) is 0.342. The van der Waals surface area contributed by atoms with Gasteiger partial charge in [-0.25, -0.2) is 9.13 Å². The molecule has 0 aliphatic rings. The van der Waals surface area contributed by atoms with Gasteiger partial charge in [0.2, 0.25) is 6.33 Å². The summed E-state index contributed by atoms with van der Waals surface area (Å²) >= 11 is 0. The Bertz CT molecular complexity index is 597. The predicted molar refractivity (Wildman–Crippen MR) is 80.6 cm³/mol. The molecule has 0 atom stereocenters. The molecule has 0 saturated carbocycles. The van der Waals surface area contributed by atoms with Gasteiger partial charge in [-0.1, -0.05) is 49.6 Å². The molecule has 118 valence electrons. The fraction of sp³-hybridized carbons (Fsp3) is 0.133. The average molecular weight is 312 g/mol. The van der Waals surface area contributed by atoms with Crippen molar-refractivity contribution in [1.82, 2.24) is 4.57 Å². The van der Waals surface area contributed by atoms with E-state index in [2.05, 4.69) is 65.3 Å². The highest BCUT2D eigenvalue weighted by atomic mass is 19.5. The number of imidazole rings is 1. The number of benzene rings is 1. The molecular weight excluding hydrogens is 295 g/mol. The maximum atomic E-state index is 9.75. The second kappa shape index (κ2) is 8.21. The lowest BCUT2D eigenvalue weighted by Crippen LogP contribution is -2.31. The van der Waals surface area contributed by atoms with Crippen molar-refractivity contribution < 1.29 is 21.8 Å². The van der Waals surface area contributed by atoms with Crippen molar-refractivity contribution in [2.45, 2.75) is 13.1 Å². The Morgan fingerprint density at radius 3 is 2.18 bits per heavy atom. The molecule has 2 rings (SSSR count). The van der Waals surface area contributed by atoms with Crippen molar-refractivity contribution in [3.8, 4) is 0 Å². The fourth-order valence-corrected chi connectivity index (χ4v) is 1.76. The van der Waals surface area contributed by atoms with Gasteiger partial charge in [0.25, 0.3) is 0 Å². The van der Waals surface area contributed by atoms with E-state index in [0.717, 1.165) is 18.7 Å². The van der Waals surface area contributed by atoms with Crippen LogP contribution in [-0.4, -0.2) is 11.8 Å². The van der Waals surface area contributed by atoms with Gasteiger partial charge in [0.1, 0.15) is 25.5 Å². The van der Waals surface area contributed by atoms with E-state index in [4.69, 9.17) is 0 Å². The first-order chi connectivity index (χ1) is 10.3. The molecule has 22 heavy (non-hydrogen) atoms. The first kappa shape index (κ1) is 17.7. The lowest BCUT2D eigenvalue weighted by atomic mass is 10.1. The minimum atomic E-state index is -6.00. The first-order valence-electron chi connectivity index (χ1n) is 6.56. The van der Waals surface area contributed by atoms with Crippen LogP contribution >= 0.6 is 0 Å². The fourth-order valence-electron chi connectivity index (χ4n) is 1.76. The van der Waals surface area contributed by atoms with E-state index < -0.39 is 7.25 Å². The van der Waals surface area contributed by atoms with E-state index >= 15 is 0 Å². The Labute approximate surface area is 127 Å². The van der Waals surface area contributed by atoms with Crippen LogP contribution in [0.2, 0.25) is 0 Å². The summed E-state index contributed by atoms with van der Waals surface area (Å²) in [5.41, 5.74) is 2.44. The topological polar surface area (TPSA) is 8.81 Å². The molecule has 1 aromatic carbocycles. The Balaban J connectivity index is 0.000000422. The van der Waals surface area contributed by atoms with E-state index in [-0.39, 0.29) is 0 Å². The molecule has 7 heteroatoms. The smallest absolute Gasteiger partial charge is 0.418 e. The third-order valence-corrected chi connectivity index (χ3v) is 2.67. The van der Waals surface area contributed by atoms with E-state index in [9.17, 15) is 17.3 Å². The van der Waals surface area contributed by atoms with Crippen molar-refractivity contribution in [3.63, 3.8) is 0 Å². The van der Waals surface area contributed by atoms with Crippen LogP contribution in [0.5, 0.6) is 0 Å². The highest BCUT2D eigenvalue weighted by Gasteiger charge is 2.20. The largest absolute Gasteiger partial charge is 0.673 e. The minimum absolute atomic E-state index is 0.850. The van der Waals surface area contributed by atoms with Gasteiger partial charge in [-0.15, -0.1) is 0 Å². The number of rotatable bonds is 5. The normalized spacial score (nSPS) is 10.5. The van der Waals surface area contributed by atoms with E-state index in [1.807, 2.05) is 12.2 Å². The number of hydrogen-bond donors (Lipinski definition) is 0. The zero-order valence-electron chi connectivity index (χ0n) is 12.0. The standard InChI is InChI=1S/C15H17N2.BF4/c1-3-9-16-10-11-17(13-16)12-15-7-5-14(4-2)6-8-15;2-1(3,4)5/h3-8,10-11,13H,1-2,9,12H2;/q+1;-1. The molecule has 0 bridgehead atoms. The highest BCUT2D eigenvalue weighted by molar-refractivity contribution is 6.50. The Morgan fingerprint density at radius 1 is 1.09 bits per heavy atom.